The van der Waals surface area contributed by atoms with Crippen LogP contribution in [-0.4, -0.2) is 11.1 Å². The van der Waals surface area contributed by atoms with Crippen LogP contribution in [0.15, 0.2) is 36.0 Å². The molecule has 2 rings (SSSR count). The molecule has 3 nitrogen and oxygen atoms in total. The van der Waals surface area contributed by atoms with Crippen LogP contribution in [0.3, 0.4) is 0 Å². The summed E-state index contributed by atoms with van der Waals surface area (Å²) in [6, 6.07) is 7.84. The summed E-state index contributed by atoms with van der Waals surface area (Å²) in [7, 11) is 0. The van der Waals surface area contributed by atoms with E-state index >= 15 is 0 Å². The highest BCUT2D eigenvalue weighted by Gasteiger charge is 2.02. The fourth-order valence-corrected chi connectivity index (χ4v) is 1.53. The van der Waals surface area contributed by atoms with Crippen molar-refractivity contribution in [3.05, 3.63) is 46.5 Å². The largest absolute Gasteiger partial charge is 0.481 e. The number of hydrogen-bond donors (Lipinski definition) is 2. The number of fused-ring (bicyclic) bond motifs is 1. The highest BCUT2D eigenvalue weighted by molar-refractivity contribution is 5.74. The second kappa shape index (κ2) is 4.00. The molecule has 1 aromatic rings. The minimum Gasteiger partial charge on any atom is -0.481 e. The molecule has 1 aromatic carbocycles. The molecular weight excluding hydrogens is 190 g/mol. The second-order valence-corrected chi connectivity index (χ2v) is 3.37. The van der Waals surface area contributed by atoms with Crippen LogP contribution >= 0.6 is 0 Å². The molecule has 0 unspecified atom stereocenters. The standard InChI is InChI=1S/C12H11NO2/c14-12(15)6-9-5-10-3-1-2-4-11(10)8-13-7-9/h1-5,7-8,13H,6H2,(H,14,15). The molecule has 3 heteroatoms. The molecule has 0 radical (unpaired) electrons. The minimum atomic E-state index is -0.821. The lowest BCUT2D eigenvalue weighted by atomic mass is 10.1. The molecule has 2 N–H and O–H groups in total. The van der Waals surface area contributed by atoms with Gasteiger partial charge in [0, 0.05) is 12.4 Å². The molecule has 0 saturated heterocycles. The van der Waals surface area contributed by atoms with Crippen LogP contribution in [-0.2, 0) is 4.79 Å². The van der Waals surface area contributed by atoms with Gasteiger partial charge < -0.3 is 10.4 Å². The van der Waals surface area contributed by atoms with Crippen molar-refractivity contribution in [2.75, 3.05) is 0 Å². The first kappa shape index (κ1) is 9.52. The Bertz CT molecular complexity index is 529. The number of carboxylic acids is 1. The maximum Gasteiger partial charge on any atom is 0.307 e. The van der Waals surface area contributed by atoms with Crippen molar-refractivity contribution in [2.45, 2.75) is 6.42 Å². The summed E-state index contributed by atoms with van der Waals surface area (Å²) in [4.78, 5) is 10.6. The Morgan fingerprint density at radius 3 is 2.67 bits per heavy atom. The molecule has 15 heavy (non-hydrogen) atoms. The van der Waals surface area contributed by atoms with Gasteiger partial charge in [0.2, 0.25) is 0 Å². The van der Waals surface area contributed by atoms with E-state index in [1.165, 1.54) is 0 Å². The van der Waals surface area contributed by atoms with Gasteiger partial charge in [-0.15, -0.1) is 0 Å². The number of hydrogen-bond acceptors (Lipinski definition) is 2. The van der Waals surface area contributed by atoms with Crippen LogP contribution in [0.1, 0.15) is 6.42 Å². The summed E-state index contributed by atoms with van der Waals surface area (Å²) < 4.78 is 0. The summed E-state index contributed by atoms with van der Waals surface area (Å²) >= 11 is 0. The van der Waals surface area contributed by atoms with Gasteiger partial charge in [0.15, 0.2) is 0 Å². The predicted molar refractivity (Wildman–Crippen MR) is 58.1 cm³/mol. The van der Waals surface area contributed by atoms with Gasteiger partial charge >= 0.3 is 5.97 Å². The highest BCUT2D eigenvalue weighted by atomic mass is 16.4. The van der Waals surface area contributed by atoms with E-state index in [4.69, 9.17) is 5.11 Å². The molecule has 0 fully saturated rings. The Morgan fingerprint density at radius 1 is 1.20 bits per heavy atom. The number of aliphatic carboxylic acids is 1. The molecule has 0 bridgehead atoms. The van der Waals surface area contributed by atoms with Crippen molar-refractivity contribution in [1.29, 1.82) is 0 Å². The molecule has 0 amide bonds. The van der Waals surface area contributed by atoms with Gasteiger partial charge in [-0.3, -0.25) is 4.79 Å². The summed E-state index contributed by atoms with van der Waals surface area (Å²) in [6.45, 7) is 0. The average Bonchev–Trinajstić information content (AvgIpc) is 2.38. The lowest BCUT2D eigenvalue weighted by Gasteiger charge is -1.95. The number of carboxylic acid groups (broad SMARTS) is 1. The monoisotopic (exact) mass is 201 g/mol. The zero-order valence-electron chi connectivity index (χ0n) is 8.10. The highest BCUT2D eigenvalue weighted by Crippen LogP contribution is 2.02. The third-order valence-electron chi connectivity index (χ3n) is 2.20. The van der Waals surface area contributed by atoms with Gasteiger partial charge in [0.1, 0.15) is 0 Å². The maximum atomic E-state index is 10.6. The molecule has 76 valence electrons. The van der Waals surface area contributed by atoms with Gasteiger partial charge in [-0.05, 0) is 22.1 Å². The van der Waals surface area contributed by atoms with E-state index in [1.807, 2.05) is 36.5 Å². The predicted octanol–water partition coefficient (Wildman–Crippen LogP) is 0.167. The lowest BCUT2D eigenvalue weighted by molar-refractivity contribution is -0.136. The van der Waals surface area contributed by atoms with Crippen molar-refractivity contribution in [3.8, 4) is 0 Å². The van der Waals surface area contributed by atoms with E-state index in [0.29, 0.717) is 0 Å². The van der Waals surface area contributed by atoms with Crippen LogP contribution in [0, 0.1) is 0 Å². The number of carbonyl (C=O) groups is 1. The fraction of sp³-hybridized carbons (Fsp3) is 0.0833. The van der Waals surface area contributed by atoms with Crippen molar-refractivity contribution < 1.29 is 9.90 Å². The van der Waals surface area contributed by atoms with Crippen molar-refractivity contribution in [2.24, 2.45) is 0 Å². The van der Waals surface area contributed by atoms with Gasteiger partial charge in [-0.25, -0.2) is 0 Å². The number of nitrogens with one attached hydrogen (secondary N) is 1. The molecule has 0 saturated carbocycles. The third-order valence-corrected chi connectivity index (χ3v) is 2.20. The van der Waals surface area contributed by atoms with Crippen molar-refractivity contribution >= 4 is 18.2 Å². The molecule has 0 aromatic heterocycles. The smallest absolute Gasteiger partial charge is 0.307 e. The van der Waals surface area contributed by atoms with Crippen molar-refractivity contribution in [1.82, 2.24) is 5.32 Å². The normalized spacial score (nSPS) is 13.5. The van der Waals surface area contributed by atoms with Gasteiger partial charge in [-0.1, -0.05) is 24.3 Å². The Labute approximate surface area is 87.1 Å². The molecule has 1 aliphatic rings. The second-order valence-electron chi connectivity index (χ2n) is 3.37. The Hall–Kier alpha value is -2.03. The van der Waals surface area contributed by atoms with E-state index in [1.54, 1.807) is 6.20 Å². The Kier molecular flexibility index (Phi) is 2.54. The average molecular weight is 201 g/mol. The summed E-state index contributed by atoms with van der Waals surface area (Å²) in [6.07, 6.45) is 5.50. The number of benzene rings is 1. The zero-order valence-corrected chi connectivity index (χ0v) is 8.10. The van der Waals surface area contributed by atoms with E-state index in [-0.39, 0.29) is 6.42 Å². The van der Waals surface area contributed by atoms with E-state index in [2.05, 4.69) is 5.32 Å². The van der Waals surface area contributed by atoms with Crippen LogP contribution in [0.25, 0.3) is 12.3 Å². The van der Waals surface area contributed by atoms with Crippen LogP contribution in [0.2, 0.25) is 0 Å². The molecular formula is C12H11NO2. The molecule has 0 atom stereocenters. The van der Waals surface area contributed by atoms with Crippen LogP contribution in [0.4, 0.5) is 0 Å². The zero-order chi connectivity index (χ0) is 10.7. The van der Waals surface area contributed by atoms with Gasteiger partial charge in [0.05, 0.1) is 6.42 Å². The molecule has 1 heterocycles. The van der Waals surface area contributed by atoms with Crippen molar-refractivity contribution in [3.63, 3.8) is 0 Å². The fourth-order valence-electron chi connectivity index (χ4n) is 1.53. The topological polar surface area (TPSA) is 49.3 Å². The molecule has 1 aliphatic heterocycles. The molecule has 0 aliphatic carbocycles. The molecule has 0 spiro atoms. The lowest BCUT2D eigenvalue weighted by Crippen LogP contribution is -2.24. The first-order valence-electron chi connectivity index (χ1n) is 4.69. The summed E-state index contributed by atoms with van der Waals surface area (Å²) in [5, 5.41) is 13.8. The summed E-state index contributed by atoms with van der Waals surface area (Å²) in [5.41, 5.74) is 0.767. The number of rotatable bonds is 2. The van der Waals surface area contributed by atoms with Gasteiger partial charge in [0.25, 0.3) is 0 Å². The van der Waals surface area contributed by atoms with Crippen LogP contribution in [0.5, 0.6) is 0 Å². The minimum absolute atomic E-state index is 0.0369. The quantitative estimate of drug-likeness (QED) is 0.717. The van der Waals surface area contributed by atoms with Gasteiger partial charge in [-0.2, -0.15) is 0 Å². The van der Waals surface area contributed by atoms with Crippen LogP contribution < -0.4 is 15.8 Å². The SMILES string of the molecule is O=C(O)CC1=CNC=c2ccccc2=C1. The van der Waals surface area contributed by atoms with E-state index in [0.717, 1.165) is 16.0 Å². The maximum absolute atomic E-state index is 10.6. The first-order chi connectivity index (χ1) is 7.25. The summed E-state index contributed by atoms with van der Waals surface area (Å²) in [5.74, 6) is -0.821. The first-order valence-corrected chi connectivity index (χ1v) is 4.69. The third kappa shape index (κ3) is 2.26. The Balaban J connectivity index is 2.45. The Morgan fingerprint density at radius 2 is 1.93 bits per heavy atom. The van der Waals surface area contributed by atoms with E-state index in [9.17, 15) is 4.79 Å². The van der Waals surface area contributed by atoms with E-state index < -0.39 is 5.97 Å².